The number of nitrogens with one attached hydrogen (secondary N) is 1. The van der Waals surface area contributed by atoms with Crippen molar-refractivity contribution in [3.05, 3.63) is 56.2 Å². The Labute approximate surface area is 168 Å². The van der Waals surface area contributed by atoms with E-state index in [2.05, 4.69) is 10.2 Å². The lowest BCUT2D eigenvalue weighted by atomic mass is 10.0. The molecule has 1 N–H and O–H groups in total. The van der Waals surface area contributed by atoms with Crippen LogP contribution in [0.25, 0.3) is 0 Å². The molecule has 9 heteroatoms. The van der Waals surface area contributed by atoms with E-state index in [4.69, 9.17) is 9.47 Å². The fourth-order valence-electron chi connectivity index (χ4n) is 3.52. The summed E-state index contributed by atoms with van der Waals surface area (Å²) in [7, 11) is 4.53. The Hall–Kier alpha value is -3.09. The van der Waals surface area contributed by atoms with Gasteiger partial charge in [0.15, 0.2) is 5.56 Å². The lowest BCUT2D eigenvalue weighted by molar-refractivity contribution is 0.0187. The topological polar surface area (TPSA) is 102 Å². The summed E-state index contributed by atoms with van der Waals surface area (Å²) < 4.78 is 13.0. The van der Waals surface area contributed by atoms with Crippen LogP contribution in [0.3, 0.4) is 0 Å². The van der Waals surface area contributed by atoms with E-state index in [1.54, 1.807) is 14.2 Å². The maximum absolute atomic E-state index is 12.3. The van der Waals surface area contributed by atoms with Crippen molar-refractivity contribution in [2.75, 3.05) is 45.3 Å². The van der Waals surface area contributed by atoms with Crippen LogP contribution in [0.15, 0.2) is 33.9 Å². The summed E-state index contributed by atoms with van der Waals surface area (Å²) in [6.45, 7) is 3.22. The van der Waals surface area contributed by atoms with Crippen LogP contribution in [0.2, 0.25) is 0 Å². The molecule has 154 valence electrons. The molecule has 1 saturated heterocycles. The van der Waals surface area contributed by atoms with Crippen molar-refractivity contribution in [2.45, 2.75) is 6.04 Å². The first kappa shape index (κ1) is 20.6. The Kier molecular flexibility index (Phi) is 6.36. The molecule has 1 aliphatic rings. The molecule has 0 radical (unpaired) electrons. The lowest BCUT2D eigenvalue weighted by Gasteiger charge is -2.35. The molecule has 3 rings (SSSR count). The number of hydrogen-bond acceptors (Lipinski definition) is 7. The zero-order valence-corrected chi connectivity index (χ0v) is 16.8. The van der Waals surface area contributed by atoms with Crippen LogP contribution in [-0.2, 0) is 18.8 Å². The smallest absolute Gasteiger partial charge is 0.332 e. The number of nitrogens with zero attached hydrogens (tertiary/aromatic N) is 4. The number of morpholine rings is 1. The largest absolute Gasteiger partial charge is 0.497 e. The molecule has 0 spiro atoms. The molecule has 0 bridgehead atoms. The second-order valence-corrected chi connectivity index (χ2v) is 6.86. The third-order valence-electron chi connectivity index (χ3n) is 5.23. The molecule has 0 aliphatic carbocycles. The van der Waals surface area contributed by atoms with Crippen molar-refractivity contribution in [3.63, 3.8) is 0 Å². The van der Waals surface area contributed by atoms with Crippen molar-refractivity contribution in [1.82, 2.24) is 14.0 Å². The molecule has 2 heterocycles. The molecular formula is C20H25N5O4. The number of methoxy groups -OCH3 is 1. The Morgan fingerprint density at radius 1 is 1.17 bits per heavy atom. The predicted molar refractivity (Wildman–Crippen MR) is 108 cm³/mol. The van der Waals surface area contributed by atoms with Crippen LogP contribution in [0.5, 0.6) is 5.75 Å². The quantitative estimate of drug-likeness (QED) is 0.752. The summed E-state index contributed by atoms with van der Waals surface area (Å²) in [5.41, 5.74) is -0.105. The van der Waals surface area contributed by atoms with Crippen LogP contribution in [-0.4, -0.2) is 54.0 Å². The Morgan fingerprint density at radius 3 is 2.41 bits per heavy atom. The summed E-state index contributed by atoms with van der Waals surface area (Å²) in [6, 6.07) is 9.68. The first-order chi connectivity index (χ1) is 14.0. The molecule has 1 aromatic heterocycles. The van der Waals surface area contributed by atoms with E-state index in [9.17, 15) is 14.9 Å². The van der Waals surface area contributed by atoms with Gasteiger partial charge in [0.1, 0.15) is 17.6 Å². The van der Waals surface area contributed by atoms with Crippen molar-refractivity contribution >= 4 is 5.82 Å². The number of nitriles is 1. The van der Waals surface area contributed by atoms with Crippen LogP contribution in [0, 0.1) is 11.3 Å². The second kappa shape index (κ2) is 8.94. The molecule has 1 atom stereocenters. The zero-order valence-electron chi connectivity index (χ0n) is 16.8. The molecule has 9 nitrogen and oxygen atoms in total. The van der Waals surface area contributed by atoms with Gasteiger partial charge in [0.2, 0.25) is 0 Å². The van der Waals surface area contributed by atoms with Gasteiger partial charge in [0.25, 0.3) is 5.56 Å². The summed E-state index contributed by atoms with van der Waals surface area (Å²) >= 11 is 0. The highest BCUT2D eigenvalue weighted by Crippen LogP contribution is 2.25. The van der Waals surface area contributed by atoms with Gasteiger partial charge < -0.3 is 14.8 Å². The van der Waals surface area contributed by atoms with Crippen LogP contribution < -0.4 is 21.3 Å². The number of benzene rings is 1. The highest BCUT2D eigenvalue weighted by molar-refractivity contribution is 5.51. The van der Waals surface area contributed by atoms with Crippen molar-refractivity contribution in [1.29, 1.82) is 5.26 Å². The second-order valence-electron chi connectivity index (χ2n) is 6.86. The molecular weight excluding hydrogens is 374 g/mol. The van der Waals surface area contributed by atoms with E-state index >= 15 is 0 Å². The van der Waals surface area contributed by atoms with Crippen LogP contribution >= 0.6 is 0 Å². The van der Waals surface area contributed by atoms with E-state index in [1.807, 2.05) is 30.3 Å². The average Bonchev–Trinajstić information content (AvgIpc) is 2.77. The zero-order chi connectivity index (χ0) is 21.0. The summed E-state index contributed by atoms with van der Waals surface area (Å²) in [6.07, 6.45) is 0. The molecule has 0 amide bonds. The van der Waals surface area contributed by atoms with Crippen LogP contribution in [0.1, 0.15) is 17.2 Å². The van der Waals surface area contributed by atoms with E-state index in [1.165, 1.54) is 11.6 Å². The van der Waals surface area contributed by atoms with Gasteiger partial charge in [-0.15, -0.1) is 0 Å². The maximum atomic E-state index is 12.3. The minimum Gasteiger partial charge on any atom is -0.497 e. The Morgan fingerprint density at radius 2 is 1.83 bits per heavy atom. The van der Waals surface area contributed by atoms with Gasteiger partial charge >= 0.3 is 5.69 Å². The summed E-state index contributed by atoms with van der Waals surface area (Å²) in [4.78, 5) is 26.9. The number of ether oxygens (including phenoxy) is 2. The standard InChI is InChI=1S/C20H25N5O4/c1-23-18(16(12-21)19(26)24(2)20(23)27)22-13-17(25-8-10-29-11-9-25)14-4-6-15(28-3)7-5-14/h4-7,17,22H,8-11,13H2,1-3H3. The molecule has 1 aromatic carbocycles. The highest BCUT2D eigenvalue weighted by atomic mass is 16.5. The lowest BCUT2D eigenvalue weighted by Crippen LogP contribution is -2.43. The van der Waals surface area contributed by atoms with Gasteiger partial charge in [-0.3, -0.25) is 18.8 Å². The van der Waals surface area contributed by atoms with Crippen molar-refractivity contribution in [2.24, 2.45) is 14.1 Å². The first-order valence-electron chi connectivity index (χ1n) is 9.37. The predicted octanol–water partition coefficient (Wildman–Crippen LogP) is 0.450. The molecule has 1 fully saturated rings. The Balaban J connectivity index is 1.94. The van der Waals surface area contributed by atoms with Gasteiger partial charge in [-0.05, 0) is 17.7 Å². The number of anilines is 1. The number of rotatable bonds is 6. The minimum absolute atomic E-state index is 0.0319. The fraction of sp³-hybridized carbons (Fsp3) is 0.450. The van der Waals surface area contributed by atoms with Gasteiger partial charge in [0.05, 0.1) is 26.4 Å². The normalized spacial score (nSPS) is 15.5. The molecule has 29 heavy (non-hydrogen) atoms. The van der Waals surface area contributed by atoms with Gasteiger partial charge in [-0.1, -0.05) is 12.1 Å². The molecule has 1 unspecified atom stereocenters. The van der Waals surface area contributed by atoms with Gasteiger partial charge in [-0.2, -0.15) is 5.26 Å². The third kappa shape index (κ3) is 4.18. The van der Waals surface area contributed by atoms with Crippen molar-refractivity contribution in [3.8, 4) is 11.8 Å². The number of hydrogen-bond donors (Lipinski definition) is 1. The average molecular weight is 399 g/mol. The van der Waals surface area contributed by atoms with Crippen molar-refractivity contribution < 1.29 is 9.47 Å². The van der Waals surface area contributed by atoms with E-state index in [0.29, 0.717) is 19.8 Å². The van der Waals surface area contributed by atoms with E-state index in [0.717, 1.165) is 29.0 Å². The maximum Gasteiger partial charge on any atom is 0.332 e. The SMILES string of the molecule is COc1ccc(C(CNc2c(C#N)c(=O)n(C)c(=O)n2C)N2CCOCC2)cc1. The highest BCUT2D eigenvalue weighted by Gasteiger charge is 2.24. The first-order valence-corrected chi connectivity index (χ1v) is 9.37. The summed E-state index contributed by atoms with van der Waals surface area (Å²) in [5, 5.41) is 12.6. The Bertz CT molecular complexity index is 1010. The molecule has 0 saturated carbocycles. The van der Waals surface area contributed by atoms with Gasteiger partial charge in [0, 0.05) is 33.7 Å². The third-order valence-corrected chi connectivity index (χ3v) is 5.23. The molecule has 2 aromatic rings. The summed E-state index contributed by atoms with van der Waals surface area (Å²) in [5.74, 6) is 0.996. The minimum atomic E-state index is -0.606. The number of aromatic nitrogens is 2. The van der Waals surface area contributed by atoms with E-state index in [-0.39, 0.29) is 17.4 Å². The monoisotopic (exact) mass is 399 g/mol. The molecule has 1 aliphatic heterocycles. The fourth-order valence-corrected chi connectivity index (χ4v) is 3.52. The van der Waals surface area contributed by atoms with Gasteiger partial charge in [-0.25, -0.2) is 4.79 Å². The van der Waals surface area contributed by atoms with E-state index < -0.39 is 11.2 Å². The van der Waals surface area contributed by atoms with Crippen LogP contribution in [0.4, 0.5) is 5.82 Å².